The van der Waals surface area contributed by atoms with Gasteiger partial charge in [0.05, 0.1) is 19.2 Å². The molecule has 30 heavy (non-hydrogen) atoms. The minimum Gasteiger partial charge on any atom is -0.465 e. The number of esters is 1. The van der Waals surface area contributed by atoms with Gasteiger partial charge in [-0.25, -0.2) is 14.2 Å². The second-order valence-corrected chi connectivity index (χ2v) is 7.57. The number of rotatable bonds is 7. The van der Waals surface area contributed by atoms with Crippen LogP contribution >= 0.6 is 11.8 Å². The Balaban J connectivity index is 1.71. The maximum absolute atomic E-state index is 13.1. The van der Waals surface area contributed by atoms with Crippen LogP contribution in [0.2, 0.25) is 0 Å². The number of hydrogen-bond donors (Lipinski definition) is 0. The van der Waals surface area contributed by atoms with Crippen molar-refractivity contribution in [2.75, 3.05) is 14.2 Å². The molecular formula is C22H21FN2O4S. The lowest BCUT2D eigenvalue weighted by Crippen LogP contribution is -2.26. The molecule has 0 saturated heterocycles. The van der Waals surface area contributed by atoms with Crippen LogP contribution in [0.15, 0.2) is 58.1 Å². The number of ether oxygens (including phenoxy) is 1. The summed E-state index contributed by atoms with van der Waals surface area (Å²) in [5.74, 6) is 0.480. The van der Waals surface area contributed by atoms with Crippen LogP contribution in [0.25, 0.3) is 0 Å². The summed E-state index contributed by atoms with van der Waals surface area (Å²) < 4.78 is 23.4. The predicted octanol–water partition coefficient (Wildman–Crippen LogP) is 4.47. The molecule has 0 bridgehead atoms. The Hall–Kier alpha value is -3.13. The Morgan fingerprint density at radius 2 is 1.93 bits per heavy atom. The molecule has 0 saturated carbocycles. The van der Waals surface area contributed by atoms with E-state index in [1.165, 1.54) is 35.9 Å². The Morgan fingerprint density at radius 1 is 1.20 bits per heavy atom. The van der Waals surface area contributed by atoms with Gasteiger partial charge < -0.3 is 14.1 Å². The van der Waals surface area contributed by atoms with Crippen molar-refractivity contribution in [1.29, 1.82) is 0 Å². The van der Waals surface area contributed by atoms with Crippen LogP contribution in [0, 0.1) is 12.7 Å². The monoisotopic (exact) mass is 428 g/mol. The van der Waals surface area contributed by atoms with Crippen LogP contribution in [-0.4, -0.2) is 35.9 Å². The number of furan rings is 1. The van der Waals surface area contributed by atoms with Gasteiger partial charge in [0.25, 0.3) is 5.91 Å². The molecule has 156 valence electrons. The maximum Gasteiger partial charge on any atom is 0.341 e. The summed E-state index contributed by atoms with van der Waals surface area (Å²) in [5, 5.41) is 0.588. The van der Waals surface area contributed by atoms with Crippen molar-refractivity contribution in [3.05, 3.63) is 82.7 Å². The molecule has 2 aromatic heterocycles. The molecule has 8 heteroatoms. The first-order valence-electron chi connectivity index (χ1n) is 9.14. The third-order valence-corrected chi connectivity index (χ3v) is 5.48. The number of amides is 1. The van der Waals surface area contributed by atoms with Gasteiger partial charge in [-0.2, -0.15) is 0 Å². The van der Waals surface area contributed by atoms with E-state index < -0.39 is 5.97 Å². The number of methoxy groups -OCH3 is 1. The van der Waals surface area contributed by atoms with Gasteiger partial charge >= 0.3 is 5.97 Å². The van der Waals surface area contributed by atoms with Gasteiger partial charge in [0, 0.05) is 19.0 Å². The molecule has 0 fully saturated rings. The number of hydrogen-bond acceptors (Lipinski definition) is 6. The van der Waals surface area contributed by atoms with Crippen LogP contribution in [-0.2, 0) is 17.0 Å². The summed E-state index contributed by atoms with van der Waals surface area (Å²) in [7, 11) is 2.96. The minimum atomic E-state index is -0.483. The smallest absolute Gasteiger partial charge is 0.341 e. The summed E-state index contributed by atoms with van der Waals surface area (Å²) in [6.07, 6.45) is 1.63. The van der Waals surface area contributed by atoms with Crippen molar-refractivity contribution in [1.82, 2.24) is 9.88 Å². The van der Waals surface area contributed by atoms with Crippen molar-refractivity contribution < 1.29 is 23.1 Å². The van der Waals surface area contributed by atoms with Crippen LogP contribution in [0.5, 0.6) is 0 Å². The van der Waals surface area contributed by atoms with E-state index in [2.05, 4.69) is 4.98 Å². The first kappa shape index (κ1) is 21.6. The number of carbonyl (C=O) groups is 2. The molecule has 3 rings (SSSR count). The third kappa shape index (κ3) is 5.07. The number of halogens is 1. The van der Waals surface area contributed by atoms with Gasteiger partial charge in [-0.1, -0.05) is 12.1 Å². The van der Waals surface area contributed by atoms with E-state index in [4.69, 9.17) is 9.15 Å². The Bertz CT molecular complexity index is 1050. The number of carbonyl (C=O) groups excluding carboxylic acids is 2. The standard InChI is InChI=1S/C22H21FN2O4S/c1-14-19(22(27)28-3)11-17(29-14)12-25(2)21(26)18-5-4-10-24-20(18)30-13-15-6-8-16(23)9-7-15/h4-11H,12-13H2,1-3H3. The lowest BCUT2D eigenvalue weighted by Gasteiger charge is -2.17. The zero-order chi connectivity index (χ0) is 21.7. The maximum atomic E-state index is 13.1. The second kappa shape index (κ2) is 9.58. The highest BCUT2D eigenvalue weighted by atomic mass is 32.2. The summed E-state index contributed by atoms with van der Waals surface area (Å²) in [4.78, 5) is 30.6. The molecule has 0 atom stereocenters. The molecule has 0 aliphatic heterocycles. The molecule has 0 aliphatic rings. The Morgan fingerprint density at radius 3 is 2.63 bits per heavy atom. The molecule has 0 N–H and O–H groups in total. The second-order valence-electron chi connectivity index (χ2n) is 6.61. The number of nitrogens with zero attached hydrogens (tertiary/aromatic N) is 2. The lowest BCUT2D eigenvalue weighted by molar-refractivity contribution is 0.0598. The van der Waals surface area contributed by atoms with Crippen molar-refractivity contribution >= 4 is 23.6 Å². The molecule has 0 unspecified atom stereocenters. The Labute approximate surface area is 178 Å². The average molecular weight is 428 g/mol. The largest absolute Gasteiger partial charge is 0.465 e. The van der Waals surface area contributed by atoms with Crippen LogP contribution in [0.3, 0.4) is 0 Å². The third-order valence-electron chi connectivity index (χ3n) is 4.40. The molecule has 0 spiro atoms. The fourth-order valence-electron chi connectivity index (χ4n) is 2.85. The molecule has 1 amide bonds. The molecule has 0 radical (unpaired) electrons. The van der Waals surface area contributed by atoms with Gasteiger partial charge in [0.1, 0.15) is 27.9 Å². The number of benzene rings is 1. The minimum absolute atomic E-state index is 0.188. The molecule has 6 nitrogen and oxygen atoms in total. The normalized spacial score (nSPS) is 10.7. The van der Waals surface area contributed by atoms with Crippen LogP contribution in [0.1, 0.15) is 37.8 Å². The molecule has 1 aromatic carbocycles. The van der Waals surface area contributed by atoms with Crippen molar-refractivity contribution in [2.45, 2.75) is 24.2 Å². The van der Waals surface area contributed by atoms with Crippen molar-refractivity contribution in [2.24, 2.45) is 0 Å². The number of pyridine rings is 1. The van der Waals surface area contributed by atoms with E-state index in [1.807, 2.05) is 0 Å². The topological polar surface area (TPSA) is 72.6 Å². The summed E-state index contributed by atoms with van der Waals surface area (Å²) >= 11 is 1.41. The summed E-state index contributed by atoms with van der Waals surface area (Å²) in [5.41, 5.74) is 1.73. The van der Waals surface area contributed by atoms with E-state index in [-0.39, 0.29) is 18.3 Å². The molecule has 0 aliphatic carbocycles. The predicted molar refractivity (Wildman–Crippen MR) is 111 cm³/mol. The van der Waals surface area contributed by atoms with E-state index in [1.54, 1.807) is 50.5 Å². The first-order valence-corrected chi connectivity index (χ1v) is 10.1. The lowest BCUT2D eigenvalue weighted by atomic mass is 10.2. The zero-order valence-electron chi connectivity index (χ0n) is 16.8. The summed E-state index contributed by atoms with van der Waals surface area (Å²) in [6.45, 7) is 1.86. The molecular weight excluding hydrogens is 407 g/mol. The van der Waals surface area contributed by atoms with Gasteiger partial charge in [0.15, 0.2) is 0 Å². The van der Waals surface area contributed by atoms with Crippen LogP contribution < -0.4 is 0 Å². The van der Waals surface area contributed by atoms with E-state index in [0.29, 0.717) is 33.4 Å². The van der Waals surface area contributed by atoms with Gasteiger partial charge in [0.2, 0.25) is 0 Å². The van der Waals surface area contributed by atoms with Crippen LogP contribution in [0.4, 0.5) is 4.39 Å². The van der Waals surface area contributed by atoms with E-state index >= 15 is 0 Å². The highest BCUT2D eigenvalue weighted by Gasteiger charge is 2.21. The highest BCUT2D eigenvalue weighted by Crippen LogP contribution is 2.26. The number of aryl methyl sites for hydroxylation is 1. The fraction of sp³-hybridized carbons (Fsp3) is 0.227. The van der Waals surface area contributed by atoms with Crippen molar-refractivity contribution in [3.63, 3.8) is 0 Å². The number of aromatic nitrogens is 1. The molecule has 2 heterocycles. The quantitative estimate of drug-likeness (QED) is 0.408. The van der Waals surface area contributed by atoms with E-state index in [0.717, 1.165) is 5.56 Å². The van der Waals surface area contributed by atoms with Gasteiger partial charge in [-0.15, -0.1) is 11.8 Å². The average Bonchev–Trinajstić information content (AvgIpc) is 3.12. The highest BCUT2D eigenvalue weighted by molar-refractivity contribution is 7.98. The summed E-state index contributed by atoms with van der Waals surface area (Å²) in [6, 6.07) is 11.2. The van der Waals surface area contributed by atoms with Gasteiger partial charge in [-0.05, 0) is 42.8 Å². The number of thioether (sulfide) groups is 1. The van der Waals surface area contributed by atoms with Gasteiger partial charge in [-0.3, -0.25) is 4.79 Å². The van der Waals surface area contributed by atoms with E-state index in [9.17, 15) is 14.0 Å². The zero-order valence-corrected chi connectivity index (χ0v) is 17.7. The Kier molecular flexibility index (Phi) is 6.89. The fourth-order valence-corrected chi connectivity index (χ4v) is 3.79. The SMILES string of the molecule is COC(=O)c1cc(CN(C)C(=O)c2cccnc2SCc2ccc(F)cc2)oc1C. The van der Waals surface area contributed by atoms with Crippen molar-refractivity contribution in [3.8, 4) is 0 Å². The first-order chi connectivity index (χ1) is 14.4. The molecule has 3 aromatic rings.